The highest BCUT2D eigenvalue weighted by atomic mass is 35.5. The van der Waals surface area contributed by atoms with Crippen molar-refractivity contribution in [3.8, 4) is 0 Å². The highest BCUT2D eigenvalue weighted by Gasteiger charge is 2.16. The fourth-order valence-electron chi connectivity index (χ4n) is 1.67. The Hall–Kier alpha value is -2.24. The summed E-state index contributed by atoms with van der Waals surface area (Å²) in [5.41, 5.74) is 0.244. The van der Waals surface area contributed by atoms with Gasteiger partial charge in [-0.1, -0.05) is 23.2 Å². The van der Waals surface area contributed by atoms with Gasteiger partial charge in [-0.05, 0) is 30.3 Å². The molecule has 2 aromatic rings. The molecule has 1 heterocycles. The van der Waals surface area contributed by atoms with Crippen molar-refractivity contribution in [3.63, 3.8) is 0 Å². The van der Waals surface area contributed by atoms with Gasteiger partial charge in [0.1, 0.15) is 11.5 Å². The molecule has 0 unspecified atom stereocenters. The molecule has 0 aliphatic heterocycles. The Morgan fingerprint density at radius 1 is 1.23 bits per heavy atom. The fourth-order valence-corrected chi connectivity index (χ4v) is 2.17. The zero-order chi connectivity index (χ0) is 16.1. The molecule has 0 aliphatic carbocycles. The minimum Gasteiger partial charge on any atom is -0.465 e. The van der Waals surface area contributed by atoms with Crippen molar-refractivity contribution in [3.05, 3.63) is 63.7 Å². The molecule has 2 rings (SSSR count). The van der Waals surface area contributed by atoms with Crippen LogP contribution >= 0.6 is 23.2 Å². The smallest absolute Gasteiger partial charge is 0.267 e. The van der Waals surface area contributed by atoms with E-state index in [2.05, 4.69) is 10.6 Å². The van der Waals surface area contributed by atoms with Crippen LogP contribution in [0.4, 0.5) is 0 Å². The maximum Gasteiger partial charge on any atom is 0.267 e. The highest BCUT2D eigenvalue weighted by Crippen LogP contribution is 2.21. The molecule has 5 nitrogen and oxygen atoms in total. The second-order valence-electron chi connectivity index (χ2n) is 4.23. The van der Waals surface area contributed by atoms with Crippen molar-refractivity contribution in [1.82, 2.24) is 10.6 Å². The van der Waals surface area contributed by atoms with Crippen LogP contribution in [0.25, 0.3) is 6.08 Å². The Labute approximate surface area is 136 Å². The van der Waals surface area contributed by atoms with Crippen molar-refractivity contribution in [2.24, 2.45) is 0 Å². The summed E-state index contributed by atoms with van der Waals surface area (Å²) in [6, 6.07) is 7.80. The topological polar surface area (TPSA) is 71.3 Å². The quantitative estimate of drug-likeness (QED) is 0.841. The Bertz CT molecular complexity index is 724. The van der Waals surface area contributed by atoms with Gasteiger partial charge in [-0.3, -0.25) is 9.59 Å². The Balaban J connectivity index is 2.27. The van der Waals surface area contributed by atoms with Crippen LogP contribution in [0.1, 0.15) is 16.1 Å². The number of hydrogen-bond acceptors (Lipinski definition) is 3. The van der Waals surface area contributed by atoms with Gasteiger partial charge in [0.2, 0.25) is 0 Å². The van der Waals surface area contributed by atoms with E-state index in [1.165, 1.54) is 37.6 Å². The van der Waals surface area contributed by atoms with Crippen molar-refractivity contribution in [2.45, 2.75) is 0 Å². The van der Waals surface area contributed by atoms with Gasteiger partial charge in [0.15, 0.2) is 0 Å². The van der Waals surface area contributed by atoms with Gasteiger partial charge in [0.25, 0.3) is 11.8 Å². The normalized spacial score (nSPS) is 11.1. The highest BCUT2D eigenvalue weighted by molar-refractivity contribution is 6.36. The third kappa shape index (κ3) is 3.90. The van der Waals surface area contributed by atoms with E-state index < -0.39 is 11.8 Å². The molecule has 0 aliphatic rings. The van der Waals surface area contributed by atoms with Crippen molar-refractivity contribution in [1.29, 1.82) is 0 Å². The molecular weight excluding hydrogens is 327 g/mol. The molecule has 2 amide bonds. The molecule has 0 fully saturated rings. The number of nitrogens with one attached hydrogen (secondary N) is 2. The molecule has 1 aromatic carbocycles. The van der Waals surface area contributed by atoms with E-state index in [-0.39, 0.29) is 16.3 Å². The number of rotatable bonds is 4. The number of hydrogen-bond donors (Lipinski definition) is 2. The molecule has 2 N–H and O–H groups in total. The van der Waals surface area contributed by atoms with Crippen LogP contribution in [0, 0.1) is 0 Å². The molecule has 0 bridgehead atoms. The van der Waals surface area contributed by atoms with Crippen molar-refractivity contribution in [2.75, 3.05) is 7.05 Å². The standard InChI is InChI=1S/C15H12Cl2N2O3/c1-18-15(21)13(8-10-3-2-6-22-10)19-14(20)11-5-4-9(16)7-12(11)17/h2-8H,1H3,(H,18,21)(H,19,20)/b13-8-. The van der Waals surface area contributed by atoms with E-state index in [1.54, 1.807) is 12.1 Å². The van der Waals surface area contributed by atoms with Gasteiger partial charge >= 0.3 is 0 Å². The maximum absolute atomic E-state index is 12.2. The second-order valence-corrected chi connectivity index (χ2v) is 5.07. The van der Waals surface area contributed by atoms with Gasteiger partial charge in [-0.25, -0.2) is 0 Å². The Morgan fingerprint density at radius 3 is 2.59 bits per heavy atom. The lowest BCUT2D eigenvalue weighted by atomic mass is 10.2. The fraction of sp³-hybridized carbons (Fsp3) is 0.0667. The zero-order valence-electron chi connectivity index (χ0n) is 11.5. The number of halogens is 2. The summed E-state index contributed by atoms with van der Waals surface area (Å²) in [4.78, 5) is 24.1. The van der Waals surface area contributed by atoms with Crippen LogP contribution in [0.3, 0.4) is 0 Å². The number of carbonyl (C=O) groups excluding carboxylic acids is 2. The van der Waals surface area contributed by atoms with Crippen molar-refractivity contribution < 1.29 is 14.0 Å². The summed E-state index contributed by atoms with van der Waals surface area (Å²) in [5.74, 6) is -0.556. The average Bonchev–Trinajstić information content (AvgIpc) is 2.98. The van der Waals surface area contributed by atoms with E-state index >= 15 is 0 Å². The largest absolute Gasteiger partial charge is 0.465 e. The number of furan rings is 1. The Kier molecular flexibility index (Phi) is 5.25. The molecule has 1 aromatic heterocycles. The molecule has 0 radical (unpaired) electrons. The van der Waals surface area contributed by atoms with E-state index in [4.69, 9.17) is 27.6 Å². The van der Waals surface area contributed by atoms with Gasteiger partial charge in [-0.2, -0.15) is 0 Å². The van der Waals surface area contributed by atoms with Gasteiger partial charge in [0.05, 0.1) is 16.8 Å². The lowest BCUT2D eigenvalue weighted by Crippen LogP contribution is -2.33. The van der Waals surface area contributed by atoms with Crippen LogP contribution in [0.15, 0.2) is 46.7 Å². The lowest BCUT2D eigenvalue weighted by Gasteiger charge is -2.09. The summed E-state index contributed by atoms with van der Waals surface area (Å²) in [7, 11) is 1.46. The first-order valence-electron chi connectivity index (χ1n) is 6.25. The molecule has 7 heteroatoms. The summed E-state index contributed by atoms with van der Waals surface area (Å²) in [5, 5.41) is 5.56. The first-order chi connectivity index (χ1) is 10.5. The van der Waals surface area contributed by atoms with Crippen LogP contribution in [-0.4, -0.2) is 18.9 Å². The average molecular weight is 339 g/mol. The predicted octanol–water partition coefficient (Wildman–Crippen LogP) is 3.10. The summed E-state index contributed by atoms with van der Waals surface area (Å²) < 4.78 is 5.13. The SMILES string of the molecule is CNC(=O)/C(=C/c1ccco1)NC(=O)c1ccc(Cl)cc1Cl. The third-order valence-electron chi connectivity index (χ3n) is 2.73. The molecule has 0 spiro atoms. The first kappa shape index (κ1) is 16.1. The van der Waals surface area contributed by atoms with Crippen LogP contribution in [0.2, 0.25) is 10.0 Å². The number of benzene rings is 1. The van der Waals surface area contributed by atoms with Crippen LogP contribution in [-0.2, 0) is 4.79 Å². The molecule has 22 heavy (non-hydrogen) atoms. The number of amides is 2. The molecular formula is C15H12Cl2N2O3. The van der Waals surface area contributed by atoms with E-state index in [0.29, 0.717) is 10.8 Å². The van der Waals surface area contributed by atoms with E-state index in [9.17, 15) is 9.59 Å². The van der Waals surface area contributed by atoms with Crippen molar-refractivity contribution >= 4 is 41.1 Å². The summed E-state index contributed by atoms with van der Waals surface area (Å²) >= 11 is 11.8. The molecule has 114 valence electrons. The molecule has 0 saturated carbocycles. The van der Waals surface area contributed by atoms with Gasteiger partial charge < -0.3 is 15.1 Å². The lowest BCUT2D eigenvalue weighted by molar-refractivity contribution is -0.117. The van der Waals surface area contributed by atoms with Crippen LogP contribution in [0.5, 0.6) is 0 Å². The van der Waals surface area contributed by atoms with E-state index in [0.717, 1.165) is 0 Å². The third-order valence-corrected chi connectivity index (χ3v) is 3.27. The van der Waals surface area contributed by atoms with Gasteiger partial charge in [0, 0.05) is 18.1 Å². The number of likely N-dealkylation sites (N-methyl/N-ethyl adjacent to an activating group) is 1. The molecule has 0 saturated heterocycles. The second kappa shape index (κ2) is 7.15. The first-order valence-corrected chi connectivity index (χ1v) is 7.00. The van der Waals surface area contributed by atoms with E-state index in [1.807, 2.05) is 0 Å². The minimum atomic E-state index is -0.525. The Morgan fingerprint density at radius 2 is 2.00 bits per heavy atom. The maximum atomic E-state index is 12.2. The minimum absolute atomic E-state index is 0.0356. The number of carbonyl (C=O) groups is 2. The monoisotopic (exact) mass is 338 g/mol. The van der Waals surface area contributed by atoms with Crippen LogP contribution < -0.4 is 10.6 Å². The predicted molar refractivity (Wildman–Crippen MR) is 84.7 cm³/mol. The summed E-state index contributed by atoms with van der Waals surface area (Å²) in [6.07, 6.45) is 2.88. The zero-order valence-corrected chi connectivity index (χ0v) is 13.0. The molecule has 0 atom stereocenters. The van der Waals surface area contributed by atoms with Gasteiger partial charge in [-0.15, -0.1) is 0 Å². The summed E-state index contributed by atoms with van der Waals surface area (Å²) in [6.45, 7) is 0.